The van der Waals surface area contributed by atoms with Crippen LogP contribution in [0.25, 0.3) is 11.0 Å². The van der Waals surface area contributed by atoms with E-state index in [1.165, 1.54) is 0 Å². The highest BCUT2D eigenvalue weighted by Crippen LogP contribution is 2.38. The molecule has 0 spiro atoms. The third-order valence-electron chi connectivity index (χ3n) is 3.86. The van der Waals surface area contributed by atoms with Crippen LogP contribution < -0.4 is 5.73 Å². The first-order chi connectivity index (χ1) is 11.8. The molecule has 0 fully saturated rings. The van der Waals surface area contributed by atoms with Crippen LogP contribution in [0.5, 0.6) is 0 Å². The van der Waals surface area contributed by atoms with Gasteiger partial charge in [0.2, 0.25) is 5.91 Å². The summed E-state index contributed by atoms with van der Waals surface area (Å²) >= 11 is 12.0. The summed E-state index contributed by atoms with van der Waals surface area (Å²) in [6.07, 6.45) is 0. The lowest BCUT2D eigenvalue weighted by Crippen LogP contribution is -2.11. The molecule has 1 heterocycles. The first-order valence-corrected chi connectivity index (χ1v) is 7.93. The van der Waals surface area contributed by atoms with Crippen molar-refractivity contribution >= 4 is 45.8 Å². The zero-order valence-corrected chi connectivity index (χ0v) is 14.5. The normalized spacial score (nSPS) is 11.0. The summed E-state index contributed by atoms with van der Waals surface area (Å²) in [5.41, 5.74) is 6.90. The third-order valence-corrected chi connectivity index (χ3v) is 4.64. The summed E-state index contributed by atoms with van der Waals surface area (Å²) in [5, 5.41) is 11.3. The third kappa shape index (κ3) is 3.04. The predicted molar refractivity (Wildman–Crippen MR) is 95.2 cm³/mol. The second-order valence-electron chi connectivity index (χ2n) is 5.45. The monoisotopic (exact) mass is 378 g/mol. The number of benzene rings is 2. The number of carbonyl (C=O) groups excluding carboxylic acids is 1. The summed E-state index contributed by atoms with van der Waals surface area (Å²) in [5.74, 6) is 0.0725. The number of hydrogen-bond donors (Lipinski definition) is 1. The van der Waals surface area contributed by atoms with Gasteiger partial charge in [0.1, 0.15) is 10.8 Å². The van der Waals surface area contributed by atoms with Crippen LogP contribution in [-0.2, 0) is 6.54 Å². The summed E-state index contributed by atoms with van der Waals surface area (Å²) in [6.45, 7) is 2.14. The van der Waals surface area contributed by atoms with Gasteiger partial charge in [0.05, 0.1) is 15.5 Å². The zero-order chi connectivity index (χ0) is 18.3. The summed E-state index contributed by atoms with van der Waals surface area (Å²) in [4.78, 5) is 26.2. The Morgan fingerprint density at radius 1 is 1.32 bits per heavy atom. The van der Waals surface area contributed by atoms with E-state index in [-0.39, 0.29) is 21.2 Å². The molecule has 3 rings (SSSR count). The Morgan fingerprint density at radius 3 is 2.52 bits per heavy atom. The van der Waals surface area contributed by atoms with E-state index in [9.17, 15) is 14.9 Å². The maximum absolute atomic E-state index is 11.3. The zero-order valence-electron chi connectivity index (χ0n) is 13.0. The number of amides is 1. The van der Waals surface area contributed by atoms with Gasteiger partial charge in [-0.15, -0.1) is 0 Å². The Bertz CT molecular complexity index is 1010. The molecule has 0 saturated heterocycles. The van der Waals surface area contributed by atoms with Crippen LogP contribution in [0.1, 0.15) is 21.7 Å². The average Bonchev–Trinajstić information content (AvgIpc) is 2.84. The van der Waals surface area contributed by atoms with Crippen LogP contribution in [0.15, 0.2) is 30.3 Å². The Hall–Kier alpha value is -2.64. The number of fused-ring (bicyclic) bond motifs is 1. The highest BCUT2D eigenvalue weighted by Gasteiger charge is 2.25. The number of aryl methyl sites for hydroxylation is 1. The number of aromatic nitrogens is 2. The number of carbonyl (C=O) groups is 1. The smallest absolute Gasteiger partial charge is 0.317 e. The van der Waals surface area contributed by atoms with E-state index in [0.717, 1.165) is 5.56 Å². The van der Waals surface area contributed by atoms with Gasteiger partial charge in [-0.25, -0.2) is 4.98 Å². The minimum absolute atomic E-state index is 0.0890. The number of halogens is 2. The van der Waals surface area contributed by atoms with Gasteiger partial charge in [-0.1, -0.05) is 35.3 Å². The minimum atomic E-state index is -0.588. The van der Waals surface area contributed by atoms with Crippen molar-refractivity contribution in [3.05, 3.63) is 67.4 Å². The number of hydrogen-bond acceptors (Lipinski definition) is 4. The molecule has 1 amide bonds. The molecule has 0 aliphatic rings. The maximum Gasteiger partial charge on any atom is 0.317 e. The first-order valence-electron chi connectivity index (χ1n) is 7.17. The van der Waals surface area contributed by atoms with E-state index in [0.29, 0.717) is 23.4 Å². The molecule has 0 radical (unpaired) electrons. The van der Waals surface area contributed by atoms with Gasteiger partial charge < -0.3 is 10.3 Å². The summed E-state index contributed by atoms with van der Waals surface area (Å²) in [7, 11) is 0. The molecule has 0 atom stereocenters. The Kier molecular flexibility index (Phi) is 4.36. The Morgan fingerprint density at radius 2 is 1.96 bits per heavy atom. The molecule has 2 aromatic carbocycles. The van der Waals surface area contributed by atoms with Crippen molar-refractivity contribution in [2.75, 3.05) is 0 Å². The van der Waals surface area contributed by atoms with E-state index < -0.39 is 10.8 Å². The maximum atomic E-state index is 11.3. The van der Waals surface area contributed by atoms with Crippen molar-refractivity contribution in [3.63, 3.8) is 0 Å². The molecule has 1 aromatic heterocycles. The van der Waals surface area contributed by atoms with Crippen LogP contribution in [-0.4, -0.2) is 20.4 Å². The molecule has 25 heavy (non-hydrogen) atoms. The van der Waals surface area contributed by atoms with Gasteiger partial charge in [0, 0.05) is 12.1 Å². The number of rotatable bonds is 4. The Balaban J connectivity index is 2.12. The number of primary amides is 1. The van der Waals surface area contributed by atoms with Gasteiger partial charge in [-0.2, -0.15) is 0 Å². The summed E-state index contributed by atoms with van der Waals surface area (Å²) in [6, 6.07) is 8.33. The van der Waals surface area contributed by atoms with E-state index in [1.54, 1.807) is 41.8 Å². The molecule has 0 aliphatic carbocycles. The van der Waals surface area contributed by atoms with E-state index >= 15 is 0 Å². The van der Waals surface area contributed by atoms with Gasteiger partial charge in [-0.05, 0) is 30.7 Å². The van der Waals surface area contributed by atoms with Gasteiger partial charge >= 0.3 is 5.69 Å². The molecule has 0 saturated carbocycles. The topological polar surface area (TPSA) is 104 Å². The van der Waals surface area contributed by atoms with Crippen molar-refractivity contribution in [3.8, 4) is 0 Å². The largest absolute Gasteiger partial charge is 0.366 e. The number of nitro groups is 1. The molecule has 128 valence electrons. The molecular weight excluding hydrogens is 367 g/mol. The van der Waals surface area contributed by atoms with E-state index in [1.807, 2.05) is 0 Å². The quantitative estimate of drug-likeness (QED) is 0.551. The number of nitrogens with zero attached hydrogens (tertiary/aromatic N) is 3. The van der Waals surface area contributed by atoms with Crippen molar-refractivity contribution in [2.24, 2.45) is 5.73 Å². The second-order valence-corrected chi connectivity index (χ2v) is 6.24. The number of nitro benzene ring substituents is 1. The van der Waals surface area contributed by atoms with Crippen LogP contribution in [0.4, 0.5) is 5.69 Å². The molecular formula is C16H12Cl2N4O3. The fourth-order valence-electron chi connectivity index (χ4n) is 2.63. The lowest BCUT2D eigenvalue weighted by Gasteiger charge is -2.08. The average molecular weight is 379 g/mol. The van der Waals surface area contributed by atoms with Crippen molar-refractivity contribution in [1.82, 2.24) is 9.55 Å². The molecule has 9 heteroatoms. The van der Waals surface area contributed by atoms with Crippen LogP contribution in [0, 0.1) is 17.0 Å². The molecule has 0 bridgehead atoms. The van der Waals surface area contributed by atoms with Crippen LogP contribution in [0.3, 0.4) is 0 Å². The lowest BCUT2D eigenvalue weighted by atomic mass is 10.1. The van der Waals surface area contributed by atoms with E-state index in [2.05, 4.69) is 4.98 Å². The highest BCUT2D eigenvalue weighted by atomic mass is 35.5. The lowest BCUT2D eigenvalue weighted by molar-refractivity contribution is -0.383. The molecule has 7 nitrogen and oxygen atoms in total. The number of nitrogens with two attached hydrogens (primary N) is 1. The van der Waals surface area contributed by atoms with Crippen molar-refractivity contribution < 1.29 is 9.72 Å². The molecule has 3 aromatic rings. The first kappa shape index (κ1) is 17.2. The standard InChI is InChI=1S/C16H12Cl2N4O3/c1-8-20-14-12(6-11(17)13(18)15(14)22(24)25)21(8)7-9-2-4-10(5-3-9)16(19)23/h2-6H,7H2,1H3,(H2,19,23). The van der Waals surface area contributed by atoms with E-state index in [4.69, 9.17) is 28.9 Å². The SMILES string of the molecule is Cc1nc2c([N+](=O)[O-])c(Cl)c(Cl)cc2n1Cc1ccc(C(N)=O)cc1. The number of imidazole rings is 1. The van der Waals surface area contributed by atoms with Gasteiger partial charge in [0.15, 0.2) is 5.52 Å². The predicted octanol–water partition coefficient (Wildman–Crippen LogP) is 3.71. The molecule has 0 unspecified atom stereocenters. The molecule has 2 N–H and O–H groups in total. The van der Waals surface area contributed by atoms with Gasteiger partial charge in [0.25, 0.3) is 0 Å². The summed E-state index contributed by atoms with van der Waals surface area (Å²) < 4.78 is 1.80. The highest BCUT2D eigenvalue weighted by molar-refractivity contribution is 6.44. The van der Waals surface area contributed by atoms with Crippen LogP contribution >= 0.6 is 23.2 Å². The van der Waals surface area contributed by atoms with Crippen molar-refractivity contribution in [1.29, 1.82) is 0 Å². The van der Waals surface area contributed by atoms with Crippen LogP contribution in [0.2, 0.25) is 10.0 Å². The van der Waals surface area contributed by atoms with Crippen molar-refractivity contribution in [2.45, 2.75) is 13.5 Å². The van der Waals surface area contributed by atoms with Gasteiger partial charge in [-0.3, -0.25) is 14.9 Å². The Labute approximate surface area is 152 Å². The minimum Gasteiger partial charge on any atom is -0.366 e. The fraction of sp³-hybridized carbons (Fsp3) is 0.125. The second kappa shape index (κ2) is 6.34. The fourth-order valence-corrected chi connectivity index (χ4v) is 3.03. The molecule has 0 aliphatic heterocycles.